The van der Waals surface area contributed by atoms with Crippen molar-refractivity contribution in [1.82, 2.24) is 14.9 Å². The van der Waals surface area contributed by atoms with Crippen molar-refractivity contribution in [2.24, 2.45) is 11.8 Å². The molecule has 0 radical (unpaired) electrons. The molecule has 1 aromatic carbocycles. The second-order valence-electron chi connectivity index (χ2n) is 6.74. The Labute approximate surface area is 154 Å². The number of hydrogen-bond donors (Lipinski definition) is 2. The average molecular weight is 386 g/mol. The van der Waals surface area contributed by atoms with Gasteiger partial charge in [-0.1, -0.05) is 17.7 Å². The molecule has 1 amide bonds. The molecule has 2 fully saturated rings. The van der Waals surface area contributed by atoms with E-state index >= 15 is 0 Å². The lowest BCUT2D eigenvalue weighted by molar-refractivity contribution is -0.131. The zero-order valence-corrected chi connectivity index (χ0v) is 15.7. The highest BCUT2D eigenvalue weighted by atomic mass is 35.5. The monoisotopic (exact) mass is 385 g/mol. The first kappa shape index (κ1) is 18.6. The van der Waals surface area contributed by atoms with Gasteiger partial charge in [0.15, 0.2) is 0 Å². The summed E-state index contributed by atoms with van der Waals surface area (Å²) in [5.74, 6) is 1.35. The molecule has 138 valence electrons. The molecule has 0 saturated carbocycles. The Kier molecular flexibility index (Phi) is 5.99. The SMILES string of the molecule is O=C(CCNS(=O)(=O)c1cccc(Cl)c1)N1CC[C@@H]2CNC[C@@H]2CC1. The van der Waals surface area contributed by atoms with Gasteiger partial charge < -0.3 is 10.2 Å². The zero-order chi connectivity index (χ0) is 17.9. The van der Waals surface area contributed by atoms with Crippen LogP contribution in [0.4, 0.5) is 0 Å². The number of nitrogens with one attached hydrogen (secondary N) is 2. The second kappa shape index (κ2) is 8.03. The number of sulfonamides is 1. The fourth-order valence-corrected chi connectivity index (χ4v) is 4.97. The Bertz CT molecular complexity index is 712. The number of carbonyl (C=O) groups excluding carboxylic acids is 1. The standard InChI is InChI=1S/C17H24ClN3O3S/c18-15-2-1-3-16(10-15)25(23,24)20-7-4-17(22)21-8-5-13-11-19-12-14(13)6-9-21/h1-3,10,13-14,19-20H,4-9,11-12H2/t13-,14+. The summed E-state index contributed by atoms with van der Waals surface area (Å²) >= 11 is 5.84. The molecule has 0 unspecified atom stereocenters. The molecular formula is C17H24ClN3O3S. The van der Waals surface area contributed by atoms with Gasteiger partial charge in [0, 0.05) is 31.1 Å². The van der Waals surface area contributed by atoms with Crippen molar-refractivity contribution < 1.29 is 13.2 Å². The van der Waals surface area contributed by atoms with E-state index in [2.05, 4.69) is 10.0 Å². The number of carbonyl (C=O) groups is 1. The maximum atomic E-state index is 12.4. The van der Waals surface area contributed by atoms with Crippen LogP contribution in [0.5, 0.6) is 0 Å². The van der Waals surface area contributed by atoms with Crippen molar-refractivity contribution in [1.29, 1.82) is 0 Å². The summed E-state index contributed by atoms with van der Waals surface area (Å²) in [5, 5.41) is 3.78. The zero-order valence-electron chi connectivity index (χ0n) is 14.1. The number of hydrogen-bond acceptors (Lipinski definition) is 4. The lowest BCUT2D eigenvalue weighted by Crippen LogP contribution is -2.35. The minimum atomic E-state index is -3.64. The number of nitrogens with zero attached hydrogens (tertiary/aromatic N) is 1. The Balaban J connectivity index is 1.49. The lowest BCUT2D eigenvalue weighted by Gasteiger charge is -2.21. The van der Waals surface area contributed by atoms with Crippen molar-refractivity contribution in [3.63, 3.8) is 0 Å². The number of rotatable bonds is 5. The van der Waals surface area contributed by atoms with Gasteiger partial charge in [-0.3, -0.25) is 4.79 Å². The van der Waals surface area contributed by atoms with Crippen LogP contribution in [0.1, 0.15) is 19.3 Å². The number of likely N-dealkylation sites (tertiary alicyclic amines) is 1. The molecule has 0 aromatic heterocycles. The van der Waals surface area contributed by atoms with Gasteiger partial charge in [0.1, 0.15) is 0 Å². The summed E-state index contributed by atoms with van der Waals surface area (Å²) in [6.07, 6.45) is 2.22. The predicted octanol–water partition coefficient (Wildman–Crippen LogP) is 1.47. The van der Waals surface area contributed by atoms with Crippen molar-refractivity contribution >= 4 is 27.5 Å². The van der Waals surface area contributed by atoms with E-state index in [0.717, 1.165) is 39.0 Å². The topological polar surface area (TPSA) is 78.5 Å². The third kappa shape index (κ3) is 4.73. The first-order chi connectivity index (χ1) is 12.0. The maximum Gasteiger partial charge on any atom is 0.240 e. The number of fused-ring (bicyclic) bond motifs is 1. The van der Waals surface area contributed by atoms with Gasteiger partial charge in [-0.2, -0.15) is 0 Å². The molecule has 8 heteroatoms. The minimum absolute atomic E-state index is 0.0155. The fraction of sp³-hybridized carbons (Fsp3) is 0.588. The van der Waals surface area contributed by atoms with E-state index in [1.807, 2.05) is 4.90 Å². The molecule has 0 bridgehead atoms. The van der Waals surface area contributed by atoms with Crippen molar-refractivity contribution in [3.8, 4) is 0 Å². The molecule has 1 aromatic rings. The highest BCUT2D eigenvalue weighted by molar-refractivity contribution is 7.89. The first-order valence-corrected chi connectivity index (χ1v) is 10.6. The highest BCUT2D eigenvalue weighted by Gasteiger charge is 2.31. The van der Waals surface area contributed by atoms with E-state index in [0.29, 0.717) is 16.9 Å². The van der Waals surface area contributed by atoms with Crippen molar-refractivity contribution in [3.05, 3.63) is 29.3 Å². The molecule has 0 aliphatic carbocycles. The van der Waals surface area contributed by atoms with Crippen LogP contribution in [0.15, 0.2) is 29.2 Å². The summed E-state index contributed by atoms with van der Waals surface area (Å²) in [6.45, 7) is 3.72. The quantitative estimate of drug-likeness (QED) is 0.804. The van der Waals surface area contributed by atoms with Gasteiger partial charge in [0.05, 0.1) is 4.90 Å². The van der Waals surface area contributed by atoms with Crippen LogP contribution in [0.25, 0.3) is 0 Å². The molecule has 0 spiro atoms. The molecule has 2 saturated heterocycles. The number of halogens is 1. The summed E-state index contributed by atoms with van der Waals surface area (Å²) < 4.78 is 26.9. The molecule has 3 rings (SSSR count). The van der Waals surface area contributed by atoms with Gasteiger partial charge in [-0.15, -0.1) is 0 Å². The molecular weight excluding hydrogens is 362 g/mol. The minimum Gasteiger partial charge on any atom is -0.343 e. The summed E-state index contributed by atoms with van der Waals surface area (Å²) in [6, 6.07) is 6.09. The van der Waals surface area contributed by atoms with Crippen LogP contribution >= 0.6 is 11.6 Å². The normalized spacial score (nSPS) is 24.0. The number of benzene rings is 1. The molecule has 2 heterocycles. The van der Waals surface area contributed by atoms with Gasteiger partial charge >= 0.3 is 0 Å². The van der Waals surface area contributed by atoms with Crippen LogP contribution in [-0.4, -0.2) is 51.9 Å². The summed E-state index contributed by atoms with van der Waals surface area (Å²) in [4.78, 5) is 14.4. The lowest BCUT2D eigenvalue weighted by atomic mass is 9.92. The summed E-state index contributed by atoms with van der Waals surface area (Å²) in [7, 11) is -3.64. The van der Waals surface area contributed by atoms with Crippen LogP contribution in [0.2, 0.25) is 5.02 Å². The Hall–Kier alpha value is -1.15. The van der Waals surface area contributed by atoms with E-state index in [1.54, 1.807) is 12.1 Å². The highest BCUT2D eigenvalue weighted by Crippen LogP contribution is 2.27. The van der Waals surface area contributed by atoms with Crippen molar-refractivity contribution in [2.75, 3.05) is 32.7 Å². The van der Waals surface area contributed by atoms with E-state index < -0.39 is 10.0 Å². The predicted molar refractivity (Wildman–Crippen MR) is 96.9 cm³/mol. The van der Waals surface area contributed by atoms with E-state index in [1.165, 1.54) is 12.1 Å². The fourth-order valence-electron chi connectivity index (χ4n) is 3.64. The van der Waals surface area contributed by atoms with E-state index in [4.69, 9.17) is 11.6 Å². The smallest absolute Gasteiger partial charge is 0.240 e. The van der Waals surface area contributed by atoms with Gasteiger partial charge in [0.25, 0.3) is 0 Å². The second-order valence-corrected chi connectivity index (χ2v) is 8.95. The van der Waals surface area contributed by atoms with Crippen LogP contribution in [0, 0.1) is 11.8 Å². The molecule has 2 N–H and O–H groups in total. The molecule has 2 atom stereocenters. The van der Waals surface area contributed by atoms with Gasteiger partial charge in [0.2, 0.25) is 15.9 Å². The largest absolute Gasteiger partial charge is 0.343 e. The van der Waals surface area contributed by atoms with E-state index in [9.17, 15) is 13.2 Å². The third-order valence-corrected chi connectivity index (χ3v) is 6.80. The first-order valence-electron chi connectivity index (χ1n) is 8.69. The Morgan fingerprint density at radius 2 is 1.92 bits per heavy atom. The third-order valence-electron chi connectivity index (χ3n) is 5.11. The summed E-state index contributed by atoms with van der Waals surface area (Å²) in [5.41, 5.74) is 0. The van der Waals surface area contributed by atoms with Crippen LogP contribution in [0.3, 0.4) is 0 Å². The Morgan fingerprint density at radius 3 is 2.56 bits per heavy atom. The molecule has 2 aliphatic rings. The van der Waals surface area contributed by atoms with E-state index in [-0.39, 0.29) is 23.8 Å². The molecule has 2 aliphatic heterocycles. The van der Waals surface area contributed by atoms with Crippen LogP contribution in [-0.2, 0) is 14.8 Å². The van der Waals surface area contributed by atoms with Gasteiger partial charge in [-0.25, -0.2) is 13.1 Å². The molecule has 25 heavy (non-hydrogen) atoms. The number of amides is 1. The van der Waals surface area contributed by atoms with Crippen LogP contribution < -0.4 is 10.0 Å². The van der Waals surface area contributed by atoms with Gasteiger partial charge in [-0.05, 0) is 56.0 Å². The Morgan fingerprint density at radius 1 is 1.24 bits per heavy atom. The average Bonchev–Trinajstić information content (AvgIpc) is 2.93. The maximum absolute atomic E-state index is 12.4. The van der Waals surface area contributed by atoms with Crippen molar-refractivity contribution in [2.45, 2.75) is 24.2 Å². The molecule has 6 nitrogen and oxygen atoms in total.